The minimum Gasteiger partial charge on any atom is -0.398 e. The number of nitrogens with one attached hydrogen (secondary N) is 1. The minimum absolute atomic E-state index is 0.195. The number of carbonyl (C=O) groups excluding carboxylic acids is 1. The van der Waals surface area contributed by atoms with E-state index >= 15 is 0 Å². The van der Waals surface area contributed by atoms with Crippen molar-refractivity contribution in [2.45, 2.75) is 13.5 Å². The van der Waals surface area contributed by atoms with Crippen LogP contribution in [0.3, 0.4) is 0 Å². The highest BCUT2D eigenvalue weighted by molar-refractivity contribution is 6.08. The number of benzene rings is 2. The van der Waals surface area contributed by atoms with Gasteiger partial charge in [-0.05, 0) is 36.2 Å². The van der Waals surface area contributed by atoms with Crippen molar-refractivity contribution in [3.8, 4) is 0 Å². The van der Waals surface area contributed by atoms with Gasteiger partial charge in [-0.2, -0.15) is 0 Å². The number of hydrogen-bond acceptors (Lipinski definition) is 3. The summed E-state index contributed by atoms with van der Waals surface area (Å²) in [7, 11) is 0. The molecule has 22 heavy (non-hydrogen) atoms. The molecular weight excluding hydrogens is 274 g/mol. The van der Waals surface area contributed by atoms with Gasteiger partial charge in [0.15, 0.2) is 0 Å². The number of anilines is 1. The Morgan fingerprint density at radius 1 is 1.14 bits per heavy atom. The maximum Gasteiger partial charge on any atom is 0.270 e. The number of nitrogen functional groups attached to an aromatic ring is 1. The van der Waals surface area contributed by atoms with Crippen LogP contribution in [-0.2, 0) is 6.54 Å². The van der Waals surface area contributed by atoms with E-state index in [9.17, 15) is 4.79 Å². The lowest BCUT2D eigenvalue weighted by Crippen LogP contribution is -2.24. The van der Waals surface area contributed by atoms with Crippen molar-refractivity contribution in [2.75, 3.05) is 5.73 Å². The average molecular weight is 291 g/mol. The lowest BCUT2D eigenvalue weighted by Gasteiger charge is -2.09. The normalized spacial score (nSPS) is 10.6. The SMILES string of the molecule is Cc1cc(N)c2ccnc(C(=O)NCc3ccccc3)c2c1. The maximum absolute atomic E-state index is 12.4. The third kappa shape index (κ3) is 2.76. The Labute approximate surface area is 129 Å². The van der Waals surface area contributed by atoms with Crippen LogP contribution in [0.25, 0.3) is 10.8 Å². The number of nitrogens with two attached hydrogens (primary N) is 1. The van der Waals surface area contributed by atoms with Gasteiger partial charge < -0.3 is 11.1 Å². The summed E-state index contributed by atoms with van der Waals surface area (Å²) in [5.74, 6) is -0.195. The lowest BCUT2D eigenvalue weighted by atomic mass is 10.0. The zero-order chi connectivity index (χ0) is 15.5. The Bertz CT molecular complexity index is 828. The molecule has 0 aliphatic rings. The molecule has 3 aromatic rings. The molecule has 3 N–H and O–H groups in total. The van der Waals surface area contributed by atoms with Crippen LogP contribution in [0, 0.1) is 6.92 Å². The van der Waals surface area contributed by atoms with E-state index in [1.807, 2.05) is 55.5 Å². The summed E-state index contributed by atoms with van der Waals surface area (Å²) in [6, 6.07) is 15.5. The van der Waals surface area contributed by atoms with Gasteiger partial charge in [-0.15, -0.1) is 0 Å². The van der Waals surface area contributed by atoms with Gasteiger partial charge in [0.1, 0.15) is 5.69 Å². The van der Waals surface area contributed by atoms with Crippen LogP contribution in [-0.4, -0.2) is 10.9 Å². The predicted molar refractivity (Wildman–Crippen MR) is 88.5 cm³/mol. The zero-order valence-corrected chi connectivity index (χ0v) is 12.3. The Balaban J connectivity index is 1.91. The summed E-state index contributed by atoms with van der Waals surface area (Å²) in [4.78, 5) is 16.7. The molecule has 0 radical (unpaired) electrons. The number of aromatic nitrogens is 1. The monoisotopic (exact) mass is 291 g/mol. The molecule has 0 saturated heterocycles. The molecule has 4 heteroatoms. The first kappa shape index (κ1) is 14.1. The minimum atomic E-state index is -0.195. The molecule has 1 heterocycles. The Morgan fingerprint density at radius 3 is 2.68 bits per heavy atom. The maximum atomic E-state index is 12.4. The number of pyridine rings is 1. The number of carbonyl (C=O) groups is 1. The highest BCUT2D eigenvalue weighted by atomic mass is 16.1. The second-order valence-electron chi connectivity index (χ2n) is 5.28. The third-order valence-corrected chi connectivity index (χ3v) is 3.57. The molecule has 0 spiro atoms. The fraction of sp³-hybridized carbons (Fsp3) is 0.111. The zero-order valence-electron chi connectivity index (χ0n) is 12.3. The van der Waals surface area contributed by atoms with E-state index in [4.69, 9.17) is 5.73 Å². The summed E-state index contributed by atoms with van der Waals surface area (Å²) in [6.07, 6.45) is 1.62. The fourth-order valence-corrected chi connectivity index (χ4v) is 2.51. The molecule has 0 atom stereocenters. The average Bonchev–Trinajstić information content (AvgIpc) is 2.53. The lowest BCUT2D eigenvalue weighted by molar-refractivity contribution is 0.0948. The summed E-state index contributed by atoms with van der Waals surface area (Å²) >= 11 is 0. The van der Waals surface area contributed by atoms with Crippen molar-refractivity contribution in [3.63, 3.8) is 0 Å². The van der Waals surface area contributed by atoms with Gasteiger partial charge >= 0.3 is 0 Å². The Morgan fingerprint density at radius 2 is 1.91 bits per heavy atom. The van der Waals surface area contributed by atoms with Crippen LogP contribution in [0.4, 0.5) is 5.69 Å². The predicted octanol–water partition coefficient (Wildman–Crippen LogP) is 3.06. The van der Waals surface area contributed by atoms with Gasteiger partial charge in [0, 0.05) is 29.2 Å². The fourth-order valence-electron chi connectivity index (χ4n) is 2.51. The highest BCUT2D eigenvalue weighted by Gasteiger charge is 2.13. The quantitative estimate of drug-likeness (QED) is 0.729. The molecule has 2 aromatic carbocycles. The molecule has 1 aromatic heterocycles. The van der Waals surface area contributed by atoms with E-state index in [0.29, 0.717) is 17.9 Å². The van der Waals surface area contributed by atoms with Gasteiger partial charge in [0.25, 0.3) is 5.91 Å². The molecule has 0 unspecified atom stereocenters. The molecule has 4 nitrogen and oxygen atoms in total. The molecule has 1 amide bonds. The summed E-state index contributed by atoms with van der Waals surface area (Å²) < 4.78 is 0. The van der Waals surface area contributed by atoms with Crippen molar-refractivity contribution in [2.24, 2.45) is 0 Å². The van der Waals surface area contributed by atoms with E-state index in [1.165, 1.54) is 0 Å². The van der Waals surface area contributed by atoms with Gasteiger partial charge in [-0.3, -0.25) is 9.78 Å². The van der Waals surface area contributed by atoms with Gasteiger partial charge in [0.05, 0.1) is 0 Å². The molecule has 0 fully saturated rings. The van der Waals surface area contributed by atoms with Crippen LogP contribution in [0.2, 0.25) is 0 Å². The molecule has 3 rings (SSSR count). The van der Waals surface area contributed by atoms with Crippen molar-refractivity contribution >= 4 is 22.4 Å². The van der Waals surface area contributed by atoms with Crippen LogP contribution < -0.4 is 11.1 Å². The number of rotatable bonds is 3. The number of fused-ring (bicyclic) bond motifs is 1. The van der Waals surface area contributed by atoms with Gasteiger partial charge in [-0.25, -0.2) is 0 Å². The molecule has 0 saturated carbocycles. The molecular formula is C18H17N3O. The molecule has 0 aliphatic carbocycles. The summed E-state index contributed by atoms with van der Waals surface area (Å²) in [5.41, 5.74) is 9.16. The Hall–Kier alpha value is -2.88. The van der Waals surface area contributed by atoms with Crippen LogP contribution in [0.15, 0.2) is 54.7 Å². The second-order valence-corrected chi connectivity index (χ2v) is 5.28. The summed E-state index contributed by atoms with van der Waals surface area (Å²) in [6.45, 7) is 2.42. The van der Waals surface area contributed by atoms with Crippen LogP contribution in [0.1, 0.15) is 21.6 Å². The van der Waals surface area contributed by atoms with Crippen molar-refractivity contribution in [1.29, 1.82) is 0 Å². The smallest absolute Gasteiger partial charge is 0.270 e. The van der Waals surface area contributed by atoms with Crippen molar-refractivity contribution < 1.29 is 4.79 Å². The number of nitrogens with zero attached hydrogens (tertiary/aromatic N) is 1. The topological polar surface area (TPSA) is 68.0 Å². The first-order chi connectivity index (χ1) is 10.6. The van der Waals surface area contributed by atoms with Crippen molar-refractivity contribution in [3.05, 3.63) is 71.5 Å². The van der Waals surface area contributed by atoms with E-state index in [1.54, 1.807) is 6.20 Å². The van der Waals surface area contributed by atoms with Crippen LogP contribution >= 0.6 is 0 Å². The van der Waals surface area contributed by atoms with Crippen molar-refractivity contribution in [1.82, 2.24) is 10.3 Å². The van der Waals surface area contributed by atoms with E-state index in [-0.39, 0.29) is 5.91 Å². The first-order valence-corrected chi connectivity index (χ1v) is 7.12. The van der Waals surface area contributed by atoms with Crippen LogP contribution in [0.5, 0.6) is 0 Å². The standard InChI is InChI=1S/C18H17N3O/c1-12-9-15-14(16(19)10-12)7-8-20-17(15)18(22)21-11-13-5-3-2-4-6-13/h2-10H,11,19H2,1H3,(H,21,22). The first-order valence-electron chi connectivity index (χ1n) is 7.12. The highest BCUT2D eigenvalue weighted by Crippen LogP contribution is 2.24. The van der Waals surface area contributed by atoms with Gasteiger partial charge in [-0.1, -0.05) is 30.3 Å². The number of aryl methyl sites for hydroxylation is 1. The summed E-state index contributed by atoms with van der Waals surface area (Å²) in [5, 5.41) is 4.54. The Kier molecular flexibility index (Phi) is 3.74. The van der Waals surface area contributed by atoms with E-state index in [2.05, 4.69) is 10.3 Å². The van der Waals surface area contributed by atoms with Gasteiger partial charge in [0.2, 0.25) is 0 Å². The third-order valence-electron chi connectivity index (χ3n) is 3.57. The number of hydrogen-bond donors (Lipinski definition) is 2. The van der Waals surface area contributed by atoms with E-state index in [0.717, 1.165) is 21.9 Å². The molecule has 110 valence electrons. The van der Waals surface area contributed by atoms with E-state index < -0.39 is 0 Å². The molecule has 0 aliphatic heterocycles. The second kappa shape index (κ2) is 5.85. The number of amides is 1. The largest absolute Gasteiger partial charge is 0.398 e. The molecule has 0 bridgehead atoms.